The number of nitrogens with one attached hydrogen (secondary N) is 1. The third-order valence-corrected chi connectivity index (χ3v) is 4.17. The maximum absolute atomic E-state index is 12.9. The molecule has 8 heteroatoms. The molecule has 0 aliphatic heterocycles. The Morgan fingerprint density at radius 1 is 1.07 bits per heavy atom. The number of carbonyl (C=O) groups is 1. The number of hydrogen-bond acceptors (Lipinski definition) is 3. The molecule has 5 nitrogen and oxygen atoms in total. The molecule has 0 aliphatic carbocycles. The van der Waals surface area contributed by atoms with Crippen LogP contribution in [0.15, 0.2) is 71.7 Å². The van der Waals surface area contributed by atoms with E-state index in [-0.39, 0.29) is 28.9 Å². The molecule has 0 unspecified atom stereocenters. The lowest BCUT2D eigenvalue weighted by Gasteiger charge is -2.11. The van der Waals surface area contributed by atoms with Crippen molar-refractivity contribution in [2.45, 2.75) is 12.7 Å². The first-order valence-electron chi connectivity index (χ1n) is 8.45. The third kappa shape index (κ3) is 4.52. The number of nitrogens with zero attached hydrogens (tertiary/aromatic N) is 2. The first-order valence-corrected chi connectivity index (χ1v) is 8.45. The van der Waals surface area contributed by atoms with Crippen molar-refractivity contribution in [1.29, 1.82) is 5.26 Å². The Balaban J connectivity index is 1.88. The van der Waals surface area contributed by atoms with Crippen LogP contribution >= 0.6 is 0 Å². The molecule has 29 heavy (non-hydrogen) atoms. The Labute approximate surface area is 163 Å². The van der Waals surface area contributed by atoms with Crippen molar-refractivity contribution in [3.8, 4) is 6.07 Å². The van der Waals surface area contributed by atoms with Crippen LogP contribution in [-0.2, 0) is 12.7 Å². The number of para-hydroxylation sites is 1. The van der Waals surface area contributed by atoms with Gasteiger partial charge in [-0.2, -0.15) is 18.4 Å². The highest BCUT2D eigenvalue weighted by Crippen LogP contribution is 2.29. The fourth-order valence-corrected chi connectivity index (χ4v) is 2.76. The van der Waals surface area contributed by atoms with Gasteiger partial charge in [0, 0.05) is 6.20 Å². The van der Waals surface area contributed by atoms with E-state index in [0.29, 0.717) is 0 Å². The van der Waals surface area contributed by atoms with Crippen molar-refractivity contribution < 1.29 is 18.0 Å². The van der Waals surface area contributed by atoms with E-state index in [4.69, 9.17) is 5.26 Å². The molecular weight excluding hydrogens is 383 g/mol. The van der Waals surface area contributed by atoms with Gasteiger partial charge in [-0.05, 0) is 42.0 Å². The predicted octanol–water partition coefficient (Wildman–Crippen LogP) is 4.04. The molecule has 146 valence electrons. The number of hydrogen-bond donors (Lipinski definition) is 1. The first-order chi connectivity index (χ1) is 13.8. The number of alkyl halides is 3. The minimum Gasteiger partial charge on any atom is -0.321 e. The Bertz CT molecular complexity index is 1160. The second-order valence-corrected chi connectivity index (χ2v) is 6.16. The van der Waals surface area contributed by atoms with Gasteiger partial charge in [0.15, 0.2) is 0 Å². The summed E-state index contributed by atoms with van der Waals surface area (Å²) in [6.45, 7) is -0.126. The standard InChI is InChI=1S/C21H14F3N3O2/c22-21(23,24)16-7-3-5-14(11-16)13-27-10-4-8-17(20(27)29)19(28)26-18-9-2-1-6-15(18)12-25/h1-11H,13H2,(H,26,28). The van der Waals surface area contributed by atoms with Crippen molar-refractivity contribution in [2.75, 3.05) is 5.32 Å². The van der Waals surface area contributed by atoms with E-state index in [2.05, 4.69) is 5.32 Å². The van der Waals surface area contributed by atoms with E-state index in [1.807, 2.05) is 6.07 Å². The summed E-state index contributed by atoms with van der Waals surface area (Å²) < 4.78 is 39.8. The minimum absolute atomic E-state index is 0.126. The monoisotopic (exact) mass is 397 g/mol. The summed E-state index contributed by atoms with van der Waals surface area (Å²) in [4.78, 5) is 25.2. The number of aromatic nitrogens is 1. The molecule has 2 aromatic carbocycles. The number of rotatable bonds is 4. The highest BCUT2D eigenvalue weighted by molar-refractivity contribution is 6.04. The molecule has 0 radical (unpaired) electrons. The second-order valence-electron chi connectivity index (χ2n) is 6.16. The van der Waals surface area contributed by atoms with E-state index in [1.54, 1.807) is 12.1 Å². The Morgan fingerprint density at radius 3 is 2.55 bits per heavy atom. The average molecular weight is 397 g/mol. The molecule has 0 bridgehead atoms. The fraction of sp³-hybridized carbons (Fsp3) is 0.0952. The van der Waals surface area contributed by atoms with Crippen molar-refractivity contribution in [2.24, 2.45) is 0 Å². The molecule has 0 atom stereocenters. The Morgan fingerprint density at radius 2 is 1.83 bits per heavy atom. The Hall–Kier alpha value is -3.86. The zero-order chi connectivity index (χ0) is 21.0. The van der Waals surface area contributed by atoms with Gasteiger partial charge in [0.05, 0.1) is 23.4 Å². The van der Waals surface area contributed by atoms with Gasteiger partial charge >= 0.3 is 6.18 Å². The van der Waals surface area contributed by atoms with E-state index in [0.717, 1.165) is 16.7 Å². The van der Waals surface area contributed by atoms with Crippen molar-refractivity contribution in [3.63, 3.8) is 0 Å². The van der Waals surface area contributed by atoms with Crippen LogP contribution in [0.2, 0.25) is 0 Å². The minimum atomic E-state index is -4.49. The molecular formula is C21H14F3N3O2. The highest BCUT2D eigenvalue weighted by Gasteiger charge is 2.30. The molecule has 1 amide bonds. The average Bonchev–Trinajstić information content (AvgIpc) is 2.69. The van der Waals surface area contributed by atoms with Crippen LogP contribution in [0.3, 0.4) is 0 Å². The Kier molecular flexibility index (Phi) is 5.50. The van der Waals surface area contributed by atoms with E-state index < -0.39 is 23.2 Å². The molecule has 0 aliphatic rings. The quantitative estimate of drug-likeness (QED) is 0.722. The summed E-state index contributed by atoms with van der Waals surface area (Å²) in [5.74, 6) is -0.712. The second kappa shape index (κ2) is 8.02. The van der Waals surface area contributed by atoms with Gasteiger partial charge < -0.3 is 9.88 Å². The molecule has 1 aromatic heterocycles. The number of anilines is 1. The van der Waals surface area contributed by atoms with Gasteiger partial charge in [-0.3, -0.25) is 9.59 Å². The number of amides is 1. The van der Waals surface area contributed by atoms with Crippen LogP contribution in [0.4, 0.5) is 18.9 Å². The number of pyridine rings is 1. The number of benzene rings is 2. The summed E-state index contributed by atoms with van der Waals surface area (Å²) in [5, 5.41) is 11.6. The smallest absolute Gasteiger partial charge is 0.321 e. The van der Waals surface area contributed by atoms with Gasteiger partial charge in [0.1, 0.15) is 11.6 Å². The van der Waals surface area contributed by atoms with Crippen LogP contribution in [0.1, 0.15) is 27.0 Å². The molecule has 3 rings (SSSR count). The normalized spacial score (nSPS) is 11.0. The van der Waals surface area contributed by atoms with Crippen LogP contribution < -0.4 is 10.9 Å². The largest absolute Gasteiger partial charge is 0.416 e. The summed E-state index contributed by atoms with van der Waals surface area (Å²) in [7, 11) is 0. The number of carbonyl (C=O) groups excluding carboxylic acids is 1. The fourth-order valence-electron chi connectivity index (χ4n) is 2.76. The molecule has 0 spiro atoms. The summed E-state index contributed by atoms with van der Waals surface area (Å²) >= 11 is 0. The maximum Gasteiger partial charge on any atom is 0.416 e. The van der Waals surface area contributed by atoms with E-state index >= 15 is 0 Å². The summed E-state index contributed by atoms with van der Waals surface area (Å²) in [5.41, 5.74) is -0.891. The van der Waals surface area contributed by atoms with Crippen molar-refractivity contribution in [3.05, 3.63) is 99.5 Å². The molecule has 1 heterocycles. The lowest BCUT2D eigenvalue weighted by atomic mass is 10.1. The van der Waals surface area contributed by atoms with Crippen molar-refractivity contribution in [1.82, 2.24) is 4.57 Å². The number of nitriles is 1. The lowest BCUT2D eigenvalue weighted by Crippen LogP contribution is -2.29. The zero-order valence-electron chi connectivity index (χ0n) is 14.9. The van der Waals surface area contributed by atoms with Crippen LogP contribution in [0, 0.1) is 11.3 Å². The van der Waals surface area contributed by atoms with Gasteiger partial charge in [0.2, 0.25) is 0 Å². The van der Waals surface area contributed by atoms with Gasteiger partial charge in [-0.15, -0.1) is 0 Å². The molecule has 1 N–H and O–H groups in total. The predicted molar refractivity (Wildman–Crippen MR) is 100 cm³/mol. The summed E-state index contributed by atoms with van der Waals surface area (Å²) in [6.07, 6.45) is -3.10. The van der Waals surface area contributed by atoms with Crippen LogP contribution in [0.25, 0.3) is 0 Å². The third-order valence-electron chi connectivity index (χ3n) is 4.17. The lowest BCUT2D eigenvalue weighted by molar-refractivity contribution is -0.137. The van der Waals surface area contributed by atoms with E-state index in [1.165, 1.54) is 42.6 Å². The maximum atomic E-state index is 12.9. The van der Waals surface area contributed by atoms with Gasteiger partial charge in [-0.25, -0.2) is 0 Å². The van der Waals surface area contributed by atoms with E-state index in [9.17, 15) is 22.8 Å². The zero-order valence-corrected chi connectivity index (χ0v) is 14.9. The van der Waals surface area contributed by atoms with Crippen LogP contribution in [-0.4, -0.2) is 10.5 Å². The van der Waals surface area contributed by atoms with Gasteiger partial charge in [-0.1, -0.05) is 24.3 Å². The molecule has 0 fully saturated rings. The topological polar surface area (TPSA) is 74.9 Å². The van der Waals surface area contributed by atoms with Crippen molar-refractivity contribution >= 4 is 11.6 Å². The number of halogens is 3. The first kappa shape index (κ1) is 19.9. The molecule has 0 saturated carbocycles. The van der Waals surface area contributed by atoms with Gasteiger partial charge in [0.25, 0.3) is 11.5 Å². The molecule has 3 aromatic rings. The summed E-state index contributed by atoms with van der Waals surface area (Å²) in [6, 6.07) is 15.7. The highest BCUT2D eigenvalue weighted by atomic mass is 19.4. The van der Waals surface area contributed by atoms with Crippen LogP contribution in [0.5, 0.6) is 0 Å². The SMILES string of the molecule is N#Cc1ccccc1NC(=O)c1cccn(Cc2cccc(C(F)(F)F)c2)c1=O. The molecule has 0 saturated heterocycles.